The van der Waals surface area contributed by atoms with E-state index in [-0.39, 0.29) is 12.5 Å². The number of hydrogen-bond acceptors (Lipinski definition) is 6. The summed E-state index contributed by atoms with van der Waals surface area (Å²) < 4.78 is 1.69. The zero-order chi connectivity index (χ0) is 16.4. The summed E-state index contributed by atoms with van der Waals surface area (Å²) in [6.45, 7) is 1.81. The number of nitrogens with zero attached hydrogens (tertiary/aromatic N) is 3. The molecule has 0 spiro atoms. The van der Waals surface area contributed by atoms with Gasteiger partial charge >= 0.3 is 0 Å². The van der Waals surface area contributed by atoms with Crippen molar-refractivity contribution in [3.63, 3.8) is 0 Å². The van der Waals surface area contributed by atoms with Crippen molar-refractivity contribution >= 4 is 28.6 Å². The Bertz CT molecular complexity index is 805. The summed E-state index contributed by atoms with van der Waals surface area (Å²) in [5, 5.41) is 21.6. The molecule has 0 saturated heterocycles. The SMILES string of the molecule is Cn1cc(-c2nc(C(=O)NCC(C)(O)c3cccs3)cs2)cn1. The lowest BCUT2D eigenvalue weighted by atomic mass is 10.1. The Labute approximate surface area is 141 Å². The topological polar surface area (TPSA) is 80.0 Å². The van der Waals surface area contributed by atoms with Crippen LogP contribution in [0.4, 0.5) is 0 Å². The maximum Gasteiger partial charge on any atom is 0.270 e. The second-order valence-electron chi connectivity index (χ2n) is 5.37. The van der Waals surface area contributed by atoms with Gasteiger partial charge in [0.15, 0.2) is 0 Å². The Balaban J connectivity index is 1.66. The predicted molar refractivity (Wildman–Crippen MR) is 90.5 cm³/mol. The van der Waals surface area contributed by atoms with E-state index >= 15 is 0 Å². The van der Waals surface area contributed by atoms with Gasteiger partial charge in [0.05, 0.1) is 12.7 Å². The van der Waals surface area contributed by atoms with Crippen molar-refractivity contribution < 1.29 is 9.90 Å². The number of carbonyl (C=O) groups is 1. The van der Waals surface area contributed by atoms with Crippen LogP contribution in [0.3, 0.4) is 0 Å². The first-order chi connectivity index (χ1) is 11.0. The van der Waals surface area contributed by atoms with E-state index in [2.05, 4.69) is 15.4 Å². The number of thiazole rings is 1. The Kier molecular flexibility index (Phi) is 4.29. The molecule has 0 aliphatic rings. The Morgan fingerprint density at radius 1 is 1.48 bits per heavy atom. The fraction of sp³-hybridized carbons (Fsp3) is 0.267. The molecule has 1 amide bonds. The Morgan fingerprint density at radius 2 is 2.30 bits per heavy atom. The third kappa shape index (κ3) is 3.49. The number of aliphatic hydroxyl groups is 1. The third-order valence-corrected chi connectivity index (χ3v) is 5.35. The zero-order valence-electron chi connectivity index (χ0n) is 12.7. The molecule has 3 heterocycles. The standard InChI is InChI=1S/C15H16N4O2S2/c1-15(21,12-4-3-5-22-12)9-16-13(20)11-8-23-14(18-11)10-6-17-19(2)7-10/h3-8,21H,9H2,1-2H3,(H,16,20). The molecule has 0 saturated carbocycles. The third-order valence-electron chi connectivity index (χ3n) is 3.33. The summed E-state index contributed by atoms with van der Waals surface area (Å²) in [4.78, 5) is 17.4. The number of aryl methyl sites for hydroxylation is 1. The van der Waals surface area contributed by atoms with Gasteiger partial charge < -0.3 is 10.4 Å². The molecule has 2 N–H and O–H groups in total. The lowest BCUT2D eigenvalue weighted by molar-refractivity contribution is 0.0555. The summed E-state index contributed by atoms with van der Waals surface area (Å²) in [6, 6.07) is 3.72. The van der Waals surface area contributed by atoms with E-state index < -0.39 is 5.60 Å². The Morgan fingerprint density at radius 3 is 2.96 bits per heavy atom. The van der Waals surface area contributed by atoms with E-state index in [1.807, 2.05) is 30.8 Å². The number of amides is 1. The van der Waals surface area contributed by atoms with Crippen LogP contribution in [-0.2, 0) is 12.6 Å². The van der Waals surface area contributed by atoms with Crippen molar-refractivity contribution in [3.05, 3.63) is 45.9 Å². The second-order valence-corrected chi connectivity index (χ2v) is 7.18. The molecule has 0 aromatic carbocycles. The summed E-state index contributed by atoms with van der Waals surface area (Å²) in [7, 11) is 1.83. The maximum absolute atomic E-state index is 12.2. The molecule has 1 atom stereocenters. The molecular formula is C15H16N4O2S2. The van der Waals surface area contributed by atoms with E-state index in [9.17, 15) is 9.90 Å². The van der Waals surface area contributed by atoms with Gasteiger partial charge in [-0.05, 0) is 18.4 Å². The molecule has 3 aromatic rings. The maximum atomic E-state index is 12.2. The average Bonchev–Trinajstić information content (AvgIpc) is 3.24. The number of aromatic nitrogens is 3. The molecule has 0 bridgehead atoms. The molecule has 0 radical (unpaired) electrons. The first-order valence-electron chi connectivity index (χ1n) is 6.95. The van der Waals surface area contributed by atoms with Crippen molar-refractivity contribution in [1.29, 1.82) is 0 Å². The second kappa shape index (κ2) is 6.23. The van der Waals surface area contributed by atoms with E-state index in [4.69, 9.17) is 0 Å². The van der Waals surface area contributed by atoms with Gasteiger partial charge in [-0.3, -0.25) is 9.48 Å². The van der Waals surface area contributed by atoms with Gasteiger partial charge in [-0.2, -0.15) is 5.10 Å². The van der Waals surface area contributed by atoms with Crippen LogP contribution in [0.5, 0.6) is 0 Å². The number of nitrogens with one attached hydrogen (secondary N) is 1. The molecule has 3 rings (SSSR count). The molecule has 3 aromatic heterocycles. The van der Waals surface area contributed by atoms with Gasteiger partial charge in [0.2, 0.25) is 0 Å². The lowest BCUT2D eigenvalue weighted by Gasteiger charge is -2.21. The van der Waals surface area contributed by atoms with Crippen LogP contribution in [-0.4, -0.2) is 32.3 Å². The van der Waals surface area contributed by atoms with E-state index in [1.54, 1.807) is 23.2 Å². The average molecular weight is 348 g/mol. The molecular weight excluding hydrogens is 332 g/mol. The van der Waals surface area contributed by atoms with Crippen LogP contribution in [0.15, 0.2) is 35.3 Å². The minimum Gasteiger partial charge on any atom is -0.383 e. The molecule has 0 aliphatic carbocycles. The van der Waals surface area contributed by atoms with Crippen LogP contribution < -0.4 is 5.32 Å². The minimum absolute atomic E-state index is 0.131. The predicted octanol–water partition coefficient (Wildman–Crippen LogP) is 2.24. The highest BCUT2D eigenvalue weighted by atomic mass is 32.1. The van der Waals surface area contributed by atoms with Crippen LogP contribution in [0, 0.1) is 0 Å². The molecule has 6 nitrogen and oxygen atoms in total. The highest BCUT2D eigenvalue weighted by Gasteiger charge is 2.25. The van der Waals surface area contributed by atoms with Gasteiger partial charge in [0.1, 0.15) is 16.3 Å². The fourth-order valence-electron chi connectivity index (χ4n) is 2.06. The quantitative estimate of drug-likeness (QED) is 0.741. The number of rotatable bonds is 5. The largest absolute Gasteiger partial charge is 0.383 e. The molecule has 1 unspecified atom stereocenters. The van der Waals surface area contributed by atoms with Crippen molar-refractivity contribution in [3.8, 4) is 10.6 Å². The molecule has 23 heavy (non-hydrogen) atoms. The Hall–Kier alpha value is -2.03. The first kappa shape index (κ1) is 15.9. The number of thiophene rings is 1. The highest BCUT2D eigenvalue weighted by Crippen LogP contribution is 2.25. The summed E-state index contributed by atoms with van der Waals surface area (Å²) in [6.07, 6.45) is 3.56. The van der Waals surface area contributed by atoms with Crippen LogP contribution in [0.25, 0.3) is 10.6 Å². The minimum atomic E-state index is -1.09. The lowest BCUT2D eigenvalue weighted by Crippen LogP contribution is -2.38. The van der Waals surface area contributed by atoms with E-state index in [0.29, 0.717) is 5.69 Å². The van der Waals surface area contributed by atoms with Crippen LogP contribution >= 0.6 is 22.7 Å². The van der Waals surface area contributed by atoms with E-state index in [0.717, 1.165) is 15.4 Å². The van der Waals surface area contributed by atoms with Gasteiger partial charge in [-0.1, -0.05) is 6.07 Å². The molecule has 0 aliphatic heterocycles. The van der Waals surface area contributed by atoms with E-state index in [1.165, 1.54) is 22.7 Å². The number of hydrogen-bond donors (Lipinski definition) is 2. The monoisotopic (exact) mass is 348 g/mol. The zero-order valence-corrected chi connectivity index (χ0v) is 14.3. The number of carbonyl (C=O) groups excluding carboxylic acids is 1. The summed E-state index contributed by atoms with van der Waals surface area (Å²) in [5.41, 5.74) is 0.129. The highest BCUT2D eigenvalue weighted by molar-refractivity contribution is 7.13. The van der Waals surface area contributed by atoms with Gasteiger partial charge in [0.25, 0.3) is 5.91 Å². The molecule has 120 valence electrons. The van der Waals surface area contributed by atoms with Crippen molar-refractivity contribution in [1.82, 2.24) is 20.1 Å². The molecule has 0 fully saturated rings. The van der Waals surface area contributed by atoms with Gasteiger partial charge in [-0.15, -0.1) is 22.7 Å². The van der Waals surface area contributed by atoms with Crippen molar-refractivity contribution in [2.24, 2.45) is 7.05 Å². The summed E-state index contributed by atoms with van der Waals surface area (Å²) >= 11 is 2.85. The first-order valence-corrected chi connectivity index (χ1v) is 8.71. The molecule has 8 heteroatoms. The van der Waals surface area contributed by atoms with Gasteiger partial charge in [0, 0.05) is 29.1 Å². The summed E-state index contributed by atoms with van der Waals surface area (Å²) in [5.74, 6) is -0.298. The van der Waals surface area contributed by atoms with Gasteiger partial charge in [-0.25, -0.2) is 4.98 Å². The fourth-order valence-corrected chi connectivity index (χ4v) is 3.62. The smallest absolute Gasteiger partial charge is 0.270 e. The van der Waals surface area contributed by atoms with Crippen LogP contribution in [0.2, 0.25) is 0 Å². The van der Waals surface area contributed by atoms with Crippen molar-refractivity contribution in [2.45, 2.75) is 12.5 Å². The normalized spacial score (nSPS) is 13.7. The van der Waals surface area contributed by atoms with Crippen molar-refractivity contribution in [2.75, 3.05) is 6.54 Å². The van der Waals surface area contributed by atoms with Crippen LogP contribution in [0.1, 0.15) is 22.3 Å².